The zero-order chi connectivity index (χ0) is 17.7. The van der Waals surface area contributed by atoms with E-state index >= 15 is 0 Å². The Labute approximate surface area is 144 Å². The molecule has 0 aliphatic carbocycles. The summed E-state index contributed by atoms with van der Waals surface area (Å²) in [7, 11) is -4.30. The summed E-state index contributed by atoms with van der Waals surface area (Å²) in [5, 5.41) is 3.24. The summed E-state index contributed by atoms with van der Waals surface area (Å²) in [6, 6.07) is 1.50. The minimum absolute atomic E-state index is 0.118. The van der Waals surface area contributed by atoms with Gasteiger partial charge in [-0.2, -0.15) is 12.7 Å². The van der Waals surface area contributed by atoms with E-state index < -0.39 is 16.5 Å². The highest BCUT2D eigenvalue weighted by atomic mass is 32.2. The summed E-state index contributed by atoms with van der Waals surface area (Å²) < 4.78 is 35.1. The lowest BCUT2D eigenvalue weighted by molar-refractivity contribution is 0.241. The van der Waals surface area contributed by atoms with Crippen LogP contribution in [0.3, 0.4) is 0 Å². The summed E-state index contributed by atoms with van der Waals surface area (Å²) >= 11 is 0. The maximum Gasteiger partial charge on any atom is 0.337 e. The van der Waals surface area contributed by atoms with Gasteiger partial charge in [-0.05, 0) is 38.8 Å². The average molecular weight is 356 g/mol. The van der Waals surface area contributed by atoms with Gasteiger partial charge >= 0.3 is 10.3 Å². The van der Waals surface area contributed by atoms with E-state index in [1.807, 2.05) is 19.9 Å². The predicted molar refractivity (Wildman–Crippen MR) is 92.9 cm³/mol. The molecule has 2 heterocycles. The Balaban J connectivity index is 2.37. The van der Waals surface area contributed by atoms with E-state index in [4.69, 9.17) is 0 Å². The first-order valence-electron chi connectivity index (χ1n) is 8.67. The van der Waals surface area contributed by atoms with Crippen LogP contribution in [0.2, 0.25) is 0 Å². The number of hydrogen-bond donors (Lipinski definition) is 2. The summed E-state index contributed by atoms with van der Waals surface area (Å²) in [4.78, 5) is 8.87. The third-order valence-electron chi connectivity index (χ3n) is 4.47. The zero-order valence-electron chi connectivity index (χ0n) is 14.6. The van der Waals surface area contributed by atoms with Crippen LogP contribution in [0.5, 0.6) is 0 Å². The molecule has 24 heavy (non-hydrogen) atoms. The third kappa shape index (κ3) is 4.50. The molecule has 0 saturated carbocycles. The molecule has 1 aliphatic heterocycles. The van der Waals surface area contributed by atoms with E-state index in [0.717, 1.165) is 25.0 Å². The topological polar surface area (TPSA) is 95.4 Å². The van der Waals surface area contributed by atoms with E-state index in [0.29, 0.717) is 25.2 Å². The Hall–Kier alpha value is -1.09. The smallest absolute Gasteiger partial charge is 0.301 e. The van der Waals surface area contributed by atoms with Crippen molar-refractivity contribution in [1.82, 2.24) is 19.6 Å². The lowest BCUT2D eigenvalue weighted by Crippen LogP contribution is -2.48. The zero-order valence-corrected chi connectivity index (χ0v) is 15.5. The minimum Gasteiger partial charge on any atom is -0.301 e. The summed E-state index contributed by atoms with van der Waals surface area (Å²) in [5.74, 6) is 0.540. The van der Waals surface area contributed by atoms with Gasteiger partial charge < -0.3 is 5.32 Å². The summed E-state index contributed by atoms with van der Waals surface area (Å²) in [6.45, 7) is 6.68. The fourth-order valence-electron chi connectivity index (χ4n) is 3.39. The van der Waals surface area contributed by atoms with Crippen LogP contribution in [0.1, 0.15) is 63.4 Å². The fourth-order valence-corrected chi connectivity index (χ4v) is 4.47. The van der Waals surface area contributed by atoms with Crippen molar-refractivity contribution in [3.8, 4) is 0 Å². The highest BCUT2D eigenvalue weighted by molar-refractivity contribution is 7.83. The maximum absolute atomic E-state index is 12.0. The molecule has 0 aromatic carbocycles. The average Bonchev–Trinajstić information content (AvgIpc) is 2.89. The normalized spacial score (nSPS) is 25.2. The Bertz CT molecular complexity index is 638. The van der Waals surface area contributed by atoms with Gasteiger partial charge in [0.1, 0.15) is 5.82 Å². The van der Waals surface area contributed by atoms with E-state index in [2.05, 4.69) is 22.2 Å². The van der Waals surface area contributed by atoms with Crippen molar-refractivity contribution in [1.29, 1.82) is 0 Å². The maximum atomic E-state index is 12.0. The van der Waals surface area contributed by atoms with Crippen LogP contribution in [0.25, 0.3) is 0 Å². The van der Waals surface area contributed by atoms with Gasteiger partial charge in [0.05, 0.1) is 6.17 Å². The van der Waals surface area contributed by atoms with Gasteiger partial charge in [-0.3, -0.25) is 4.55 Å². The minimum atomic E-state index is -4.30. The number of hydrogen-bond acceptors (Lipinski definition) is 5. The predicted octanol–water partition coefficient (Wildman–Crippen LogP) is 2.26. The highest BCUT2D eigenvalue weighted by Crippen LogP contribution is 2.39. The second kappa shape index (κ2) is 8.33. The van der Waals surface area contributed by atoms with Gasteiger partial charge in [-0.15, -0.1) is 0 Å². The van der Waals surface area contributed by atoms with Crippen LogP contribution in [-0.2, 0) is 10.3 Å². The monoisotopic (exact) mass is 356 g/mol. The molecule has 0 radical (unpaired) electrons. The van der Waals surface area contributed by atoms with Crippen molar-refractivity contribution in [2.24, 2.45) is 0 Å². The number of nitrogens with zero attached hydrogens (tertiary/aromatic N) is 3. The third-order valence-corrected chi connectivity index (χ3v) is 5.53. The highest BCUT2D eigenvalue weighted by Gasteiger charge is 2.47. The van der Waals surface area contributed by atoms with Gasteiger partial charge in [0.2, 0.25) is 0 Å². The van der Waals surface area contributed by atoms with Gasteiger partial charge in [0, 0.05) is 23.9 Å². The fraction of sp³-hybridized carbons (Fsp3) is 0.750. The van der Waals surface area contributed by atoms with Crippen LogP contribution < -0.4 is 5.32 Å². The molecule has 1 aliphatic rings. The first kappa shape index (κ1) is 19.2. The first-order valence-corrected chi connectivity index (χ1v) is 10.1. The van der Waals surface area contributed by atoms with Crippen molar-refractivity contribution in [3.05, 3.63) is 23.8 Å². The molecule has 1 saturated heterocycles. The van der Waals surface area contributed by atoms with E-state index in [9.17, 15) is 13.0 Å². The molecular weight excluding hydrogens is 328 g/mol. The van der Waals surface area contributed by atoms with E-state index in [-0.39, 0.29) is 12.0 Å². The Morgan fingerprint density at radius 1 is 1.38 bits per heavy atom. The van der Waals surface area contributed by atoms with E-state index in [1.54, 1.807) is 6.20 Å². The molecule has 136 valence electrons. The van der Waals surface area contributed by atoms with Crippen LogP contribution >= 0.6 is 0 Å². The number of aromatic nitrogens is 2. The van der Waals surface area contributed by atoms with Crippen LogP contribution in [-0.4, -0.2) is 46.0 Å². The molecule has 3 unspecified atom stereocenters. The molecule has 0 amide bonds. The standard InChI is InChI=1S/C16H28N4O3S/c1-4-6-7-14-13(16-18-10-8-12(3)19-16)11-15(17-9-5-2)20(14)24(21,22)23/h8,10,13-15,17H,4-7,9,11H2,1-3H3,(H,21,22,23). The van der Waals surface area contributed by atoms with Crippen molar-refractivity contribution in [2.45, 2.75) is 71.0 Å². The molecule has 1 aromatic heterocycles. The van der Waals surface area contributed by atoms with Gasteiger partial charge in [0.15, 0.2) is 0 Å². The van der Waals surface area contributed by atoms with E-state index in [1.165, 1.54) is 4.31 Å². The molecule has 8 heteroatoms. The van der Waals surface area contributed by atoms with Gasteiger partial charge in [-0.25, -0.2) is 9.97 Å². The number of unbranched alkanes of at least 4 members (excludes halogenated alkanes) is 1. The van der Waals surface area contributed by atoms with Gasteiger partial charge in [-0.1, -0.05) is 26.7 Å². The molecule has 1 fully saturated rings. The van der Waals surface area contributed by atoms with Crippen molar-refractivity contribution in [3.63, 3.8) is 0 Å². The summed E-state index contributed by atoms with van der Waals surface area (Å²) in [6.07, 6.45) is 5.28. The molecule has 3 atom stereocenters. The Kier molecular flexibility index (Phi) is 6.68. The number of aryl methyl sites for hydroxylation is 1. The second-order valence-electron chi connectivity index (χ2n) is 6.39. The second-order valence-corrected chi connectivity index (χ2v) is 7.70. The molecular formula is C16H28N4O3S. The molecule has 2 N–H and O–H groups in total. The van der Waals surface area contributed by atoms with Crippen LogP contribution in [0.4, 0.5) is 0 Å². The molecule has 0 bridgehead atoms. The summed E-state index contributed by atoms with van der Waals surface area (Å²) in [5.41, 5.74) is 0.859. The molecule has 2 rings (SSSR count). The number of rotatable bonds is 8. The molecule has 1 aromatic rings. The first-order chi connectivity index (χ1) is 11.4. The van der Waals surface area contributed by atoms with Crippen molar-refractivity contribution in [2.75, 3.05) is 6.54 Å². The Morgan fingerprint density at radius 2 is 2.12 bits per heavy atom. The SMILES string of the molecule is CCCCC1C(c2nccc(C)n2)CC(NCCC)N1S(=O)(=O)O. The molecule has 7 nitrogen and oxygen atoms in total. The van der Waals surface area contributed by atoms with Gasteiger partial charge in [0.25, 0.3) is 0 Å². The molecule has 0 spiro atoms. The van der Waals surface area contributed by atoms with Crippen LogP contribution in [0.15, 0.2) is 12.3 Å². The lowest BCUT2D eigenvalue weighted by Gasteiger charge is -2.28. The lowest BCUT2D eigenvalue weighted by atomic mass is 9.95. The quantitative estimate of drug-likeness (QED) is 0.694. The largest absolute Gasteiger partial charge is 0.337 e. The van der Waals surface area contributed by atoms with Crippen molar-refractivity contribution < 1.29 is 13.0 Å². The van der Waals surface area contributed by atoms with Crippen LogP contribution in [0, 0.1) is 6.92 Å². The number of nitrogens with one attached hydrogen (secondary N) is 1. The Morgan fingerprint density at radius 3 is 2.71 bits per heavy atom. The van der Waals surface area contributed by atoms with Crippen molar-refractivity contribution >= 4 is 10.3 Å².